The Labute approximate surface area is 107 Å². The van der Waals surface area contributed by atoms with Crippen LogP contribution in [0.25, 0.3) is 0 Å². The first kappa shape index (κ1) is 13.4. The number of nitrogens with zero attached hydrogens (tertiary/aromatic N) is 2. The van der Waals surface area contributed by atoms with Gasteiger partial charge in [-0.1, -0.05) is 6.92 Å². The molecule has 0 N–H and O–H groups in total. The van der Waals surface area contributed by atoms with E-state index in [1.165, 1.54) is 51.7 Å². The largest absolute Gasteiger partial charge is 0.300 e. The molecule has 2 heteroatoms. The Morgan fingerprint density at radius 1 is 1.06 bits per heavy atom. The highest BCUT2D eigenvalue weighted by atomic mass is 15.2. The van der Waals surface area contributed by atoms with E-state index in [0.717, 1.165) is 12.1 Å². The molecule has 1 aliphatic heterocycles. The third kappa shape index (κ3) is 3.03. The summed E-state index contributed by atoms with van der Waals surface area (Å²) < 4.78 is 0. The van der Waals surface area contributed by atoms with Gasteiger partial charge in [0.05, 0.1) is 0 Å². The van der Waals surface area contributed by atoms with Crippen molar-refractivity contribution in [2.24, 2.45) is 0 Å². The summed E-state index contributed by atoms with van der Waals surface area (Å²) in [6.45, 7) is 13.3. The molecule has 0 aromatic carbocycles. The molecule has 0 unspecified atom stereocenters. The summed E-state index contributed by atoms with van der Waals surface area (Å²) in [6.07, 6.45) is 7.11. The van der Waals surface area contributed by atoms with Gasteiger partial charge in [0, 0.05) is 17.6 Å². The van der Waals surface area contributed by atoms with Crippen LogP contribution >= 0.6 is 0 Å². The summed E-state index contributed by atoms with van der Waals surface area (Å²) in [4.78, 5) is 5.41. The standard InChI is InChI=1S/C15H30N2/c1-5-17(15(2,3)4)14-9-7-13(8-10-14)16-11-6-12-16/h13-14H,5-12H2,1-4H3. The van der Waals surface area contributed by atoms with Crippen LogP contribution < -0.4 is 0 Å². The zero-order valence-corrected chi connectivity index (χ0v) is 12.2. The van der Waals surface area contributed by atoms with E-state index in [9.17, 15) is 0 Å². The van der Waals surface area contributed by atoms with E-state index < -0.39 is 0 Å². The fourth-order valence-electron chi connectivity index (χ4n) is 3.72. The molecule has 0 spiro atoms. The van der Waals surface area contributed by atoms with Crippen LogP contribution in [0, 0.1) is 0 Å². The first-order valence-corrected chi connectivity index (χ1v) is 7.53. The maximum atomic E-state index is 2.71. The van der Waals surface area contributed by atoms with Gasteiger partial charge < -0.3 is 4.90 Å². The van der Waals surface area contributed by atoms with Gasteiger partial charge >= 0.3 is 0 Å². The fourth-order valence-corrected chi connectivity index (χ4v) is 3.72. The van der Waals surface area contributed by atoms with Crippen LogP contribution in [0.5, 0.6) is 0 Å². The third-order valence-electron chi connectivity index (χ3n) is 4.72. The fraction of sp³-hybridized carbons (Fsp3) is 1.00. The lowest BCUT2D eigenvalue weighted by Gasteiger charge is -2.47. The van der Waals surface area contributed by atoms with E-state index in [-0.39, 0.29) is 0 Å². The average Bonchev–Trinajstić information content (AvgIpc) is 2.16. The van der Waals surface area contributed by atoms with Crippen molar-refractivity contribution >= 4 is 0 Å². The molecule has 0 atom stereocenters. The lowest BCUT2D eigenvalue weighted by atomic mass is 9.86. The Morgan fingerprint density at radius 3 is 2.00 bits per heavy atom. The van der Waals surface area contributed by atoms with Gasteiger partial charge in [-0.05, 0) is 72.5 Å². The van der Waals surface area contributed by atoms with Crippen molar-refractivity contribution in [2.45, 2.75) is 77.4 Å². The monoisotopic (exact) mass is 238 g/mol. The average molecular weight is 238 g/mol. The molecule has 1 saturated carbocycles. The molecule has 1 heterocycles. The molecule has 1 aliphatic carbocycles. The number of rotatable bonds is 3. The highest BCUT2D eigenvalue weighted by Crippen LogP contribution is 2.31. The van der Waals surface area contributed by atoms with E-state index >= 15 is 0 Å². The topological polar surface area (TPSA) is 6.48 Å². The zero-order valence-electron chi connectivity index (χ0n) is 12.2. The van der Waals surface area contributed by atoms with Gasteiger partial charge in [0.15, 0.2) is 0 Å². The Kier molecular flexibility index (Phi) is 4.14. The number of hydrogen-bond donors (Lipinski definition) is 0. The van der Waals surface area contributed by atoms with Crippen molar-refractivity contribution in [3.8, 4) is 0 Å². The Morgan fingerprint density at radius 2 is 1.65 bits per heavy atom. The molecule has 0 aromatic rings. The number of likely N-dealkylation sites (tertiary alicyclic amines) is 1. The molecule has 2 aliphatic rings. The van der Waals surface area contributed by atoms with Crippen LogP contribution in [-0.4, -0.2) is 47.1 Å². The van der Waals surface area contributed by atoms with Gasteiger partial charge in [0.25, 0.3) is 0 Å². The van der Waals surface area contributed by atoms with Crippen LogP contribution in [0.4, 0.5) is 0 Å². The normalized spacial score (nSPS) is 31.6. The molecule has 0 bridgehead atoms. The summed E-state index contributed by atoms with van der Waals surface area (Å²) in [7, 11) is 0. The smallest absolute Gasteiger partial charge is 0.0127 e. The molecule has 2 nitrogen and oxygen atoms in total. The van der Waals surface area contributed by atoms with E-state index in [0.29, 0.717) is 5.54 Å². The first-order chi connectivity index (χ1) is 8.02. The third-order valence-corrected chi connectivity index (χ3v) is 4.72. The van der Waals surface area contributed by atoms with Gasteiger partial charge in [-0.15, -0.1) is 0 Å². The van der Waals surface area contributed by atoms with Crippen molar-refractivity contribution in [3.05, 3.63) is 0 Å². The van der Waals surface area contributed by atoms with E-state index in [2.05, 4.69) is 37.5 Å². The van der Waals surface area contributed by atoms with Crippen molar-refractivity contribution < 1.29 is 0 Å². The molecular formula is C15H30N2. The molecule has 100 valence electrons. The minimum Gasteiger partial charge on any atom is -0.300 e. The first-order valence-electron chi connectivity index (χ1n) is 7.53. The van der Waals surface area contributed by atoms with Crippen LogP contribution in [0.1, 0.15) is 59.8 Å². The molecule has 0 amide bonds. The lowest BCUT2D eigenvalue weighted by Crippen LogP contribution is -2.52. The van der Waals surface area contributed by atoms with Crippen LogP contribution in [-0.2, 0) is 0 Å². The maximum absolute atomic E-state index is 2.71. The summed E-state index contributed by atoms with van der Waals surface area (Å²) >= 11 is 0. The minimum atomic E-state index is 0.336. The van der Waals surface area contributed by atoms with Crippen LogP contribution in [0.3, 0.4) is 0 Å². The highest BCUT2D eigenvalue weighted by molar-refractivity contribution is 4.90. The minimum absolute atomic E-state index is 0.336. The van der Waals surface area contributed by atoms with Gasteiger partial charge in [0.2, 0.25) is 0 Å². The molecule has 0 aromatic heterocycles. The second kappa shape index (κ2) is 5.27. The number of hydrogen-bond acceptors (Lipinski definition) is 2. The quantitative estimate of drug-likeness (QED) is 0.745. The summed E-state index contributed by atoms with van der Waals surface area (Å²) in [6, 6.07) is 1.75. The van der Waals surface area contributed by atoms with Crippen molar-refractivity contribution in [1.82, 2.24) is 9.80 Å². The Bertz CT molecular complexity index is 232. The van der Waals surface area contributed by atoms with Crippen molar-refractivity contribution in [1.29, 1.82) is 0 Å². The molecule has 1 saturated heterocycles. The highest BCUT2D eigenvalue weighted by Gasteiger charge is 2.33. The van der Waals surface area contributed by atoms with E-state index in [1.807, 2.05) is 0 Å². The second-order valence-electron chi connectivity index (χ2n) is 6.81. The van der Waals surface area contributed by atoms with Crippen LogP contribution in [0.15, 0.2) is 0 Å². The predicted octanol–water partition coefficient (Wildman–Crippen LogP) is 3.12. The van der Waals surface area contributed by atoms with Crippen molar-refractivity contribution in [2.75, 3.05) is 19.6 Å². The van der Waals surface area contributed by atoms with Gasteiger partial charge in [-0.25, -0.2) is 0 Å². The zero-order chi connectivity index (χ0) is 12.5. The molecular weight excluding hydrogens is 208 g/mol. The molecule has 17 heavy (non-hydrogen) atoms. The summed E-state index contributed by atoms with van der Waals surface area (Å²) in [5.74, 6) is 0. The molecule has 2 fully saturated rings. The lowest BCUT2D eigenvalue weighted by molar-refractivity contribution is 0.0270. The summed E-state index contributed by atoms with van der Waals surface area (Å²) in [5, 5.41) is 0. The Balaban J connectivity index is 1.84. The van der Waals surface area contributed by atoms with Gasteiger partial charge in [-0.2, -0.15) is 0 Å². The predicted molar refractivity (Wildman–Crippen MR) is 74.4 cm³/mol. The Hall–Kier alpha value is -0.0800. The van der Waals surface area contributed by atoms with Gasteiger partial charge in [-0.3, -0.25) is 4.90 Å². The van der Waals surface area contributed by atoms with E-state index in [1.54, 1.807) is 0 Å². The second-order valence-corrected chi connectivity index (χ2v) is 6.81. The van der Waals surface area contributed by atoms with Crippen molar-refractivity contribution in [3.63, 3.8) is 0 Å². The summed E-state index contributed by atoms with van der Waals surface area (Å²) in [5.41, 5.74) is 0.336. The molecule has 0 radical (unpaired) electrons. The maximum Gasteiger partial charge on any atom is 0.0127 e. The van der Waals surface area contributed by atoms with E-state index in [4.69, 9.17) is 0 Å². The van der Waals surface area contributed by atoms with Crippen LogP contribution in [0.2, 0.25) is 0 Å². The van der Waals surface area contributed by atoms with Gasteiger partial charge in [0.1, 0.15) is 0 Å². The molecule has 2 rings (SSSR count). The SMILES string of the molecule is CCN(C1CCC(N2CCC2)CC1)C(C)(C)C.